The second-order valence-corrected chi connectivity index (χ2v) is 5.07. The van der Waals surface area contributed by atoms with Crippen molar-refractivity contribution in [2.75, 3.05) is 23.1 Å². The van der Waals surface area contributed by atoms with E-state index in [0.717, 1.165) is 22.5 Å². The molecule has 1 unspecified atom stereocenters. The molecule has 0 saturated carbocycles. The molecule has 15 heavy (non-hydrogen) atoms. The Morgan fingerprint density at radius 2 is 2.40 bits per heavy atom. The maximum Gasteiger partial charge on any atom is 0.140 e. The van der Waals surface area contributed by atoms with Gasteiger partial charge in [0, 0.05) is 11.8 Å². The summed E-state index contributed by atoms with van der Waals surface area (Å²) in [4.78, 5) is 4.26. The van der Waals surface area contributed by atoms with Crippen LogP contribution in [0.3, 0.4) is 0 Å². The molecule has 0 bridgehead atoms. The largest absolute Gasteiger partial charge is 0.397 e. The van der Waals surface area contributed by atoms with Crippen LogP contribution in [0.2, 0.25) is 0 Å². The van der Waals surface area contributed by atoms with Crippen LogP contribution in [-0.4, -0.2) is 23.0 Å². The predicted octanol–water partition coefficient (Wildman–Crippen LogP) is 2.98. The topological polar surface area (TPSA) is 50.9 Å². The average Bonchev–Trinajstić information content (AvgIpc) is 2.21. The van der Waals surface area contributed by atoms with Crippen LogP contribution >= 0.6 is 27.7 Å². The van der Waals surface area contributed by atoms with Gasteiger partial charge in [-0.2, -0.15) is 11.8 Å². The van der Waals surface area contributed by atoms with Crippen molar-refractivity contribution >= 4 is 39.2 Å². The van der Waals surface area contributed by atoms with E-state index in [1.165, 1.54) is 0 Å². The molecule has 1 rings (SSSR count). The molecule has 1 heterocycles. The van der Waals surface area contributed by atoms with Gasteiger partial charge in [0.15, 0.2) is 0 Å². The molecule has 1 atom stereocenters. The third kappa shape index (κ3) is 3.91. The molecular weight excluding hydrogens is 274 g/mol. The van der Waals surface area contributed by atoms with E-state index in [1.54, 1.807) is 6.20 Å². The lowest BCUT2D eigenvalue weighted by Crippen LogP contribution is -2.22. The fraction of sp³-hybridized carbons (Fsp3) is 0.500. The molecule has 3 N–H and O–H groups in total. The Labute approximate surface area is 103 Å². The number of hydrogen-bond donors (Lipinski definition) is 2. The monoisotopic (exact) mass is 289 g/mol. The van der Waals surface area contributed by atoms with Crippen LogP contribution < -0.4 is 11.1 Å². The van der Waals surface area contributed by atoms with Crippen molar-refractivity contribution in [2.45, 2.75) is 19.4 Å². The number of nitrogens with two attached hydrogens (primary N) is 1. The van der Waals surface area contributed by atoms with Gasteiger partial charge in [-0.1, -0.05) is 6.92 Å². The zero-order valence-electron chi connectivity index (χ0n) is 8.96. The molecule has 5 heteroatoms. The third-order valence-corrected chi connectivity index (χ3v) is 3.40. The summed E-state index contributed by atoms with van der Waals surface area (Å²) >= 11 is 5.28. The van der Waals surface area contributed by atoms with Crippen LogP contribution in [0.1, 0.15) is 13.3 Å². The summed E-state index contributed by atoms with van der Waals surface area (Å²) in [5.41, 5.74) is 6.30. The van der Waals surface area contributed by atoms with Crippen LogP contribution in [0.4, 0.5) is 11.5 Å². The minimum absolute atomic E-state index is 0.451. The van der Waals surface area contributed by atoms with Gasteiger partial charge in [-0.25, -0.2) is 4.98 Å². The highest BCUT2D eigenvalue weighted by molar-refractivity contribution is 9.10. The summed E-state index contributed by atoms with van der Waals surface area (Å²) in [6.45, 7) is 2.17. The number of thioether (sulfide) groups is 1. The number of rotatable bonds is 5. The van der Waals surface area contributed by atoms with Crippen molar-refractivity contribution in [1.82, 2.24) is 4.98 Å². The summed E-state index contributed by atoms with van der Waals surface area (Å²) in [5.74, 6) is 1.94. The first-order valence-electron chi connectivity index (χ1n) is 4.83. The quantitative estimate of drug-likeness (QED) is 0.875. The van der Waals surface area contributed by atoms with Crippen LogP contribution in [0.15, 0.2) is 16.7 Å². The van der Waals surface area contributed by atoms with E-state index in [-0.39, 0.29) is 0 Å². The number of hydrogen-bond acceptors (Lipinski definition) is 4. The number of nitrogens with one attached hydrogen (secondary N) is 1. The number of anilines is 2. The number of pyridine rings is 1. The van der Waals surface area contributed by atoms with Gasteiger partial charge in [0.05, 0.1) is 16.4 Å². The number of halogens is 1. The zero-order valence-corrected chi connectivity index (χ0v) is 11.4. The van der Waals surface area contributed by atoms with Gasteiger partial charge in [-0.15, -0.1) is 0 Å². The molecule has 0 aliphatic heterocycles. The first kappa shape index (κ1) is 12.6. The van der Waals surface area contributed by atoms with Crippen molar-refractivity contribution in [3.05, 3.63) is 16.7 Å². The Balaban J connectivity index is 2.70. The van der Waals surface area contributed by atoms with Crippen molar-refractivity contribution < 1.29 is 0 Å². The molecule has 1 aromatic rings. The number of nitrogen functional groups attached to an aromatic ring is 1. The minimum Gasteiger partial charge on any atom is -0.397 e. The smallest absolute Gasteiger partial charge is 0.140 e. The van der Waals surface area contributed by atoms with E-state index in [4.69, 9.17) is 5.73 Å². The highest BCUT2D eigenvalue weighted by atomic mass is 79.9. The van der Waals surface area contributed by atoms with Crippen molar-refractivity contribution in [3.8, 4) is 0 Å². The highest BCUT2D eigenvalue weighted by Crippen LogP contribution is 2.23. The molecule has 84 valence electrons. The Morgan fingerprint density at radius 3 is 2.93 bits per heavy atom. The average molecular weight is 290 g/mol. The minimum atomic E-state index is 0.451. The molecule has 0 radical (unpaired) electrons. The zero-order chi connectivity index (χ0) is 11.3. The molecule has 0 aromatic carbocycles. The molecule has 0 saturated heterocycles. The van der Waals surface area contributed by atoms with Crippen molar-refractivity contribution in [2.24, 2.45) is 0 Å². The van der Waals surface area contributed by atoms with Gasteiger partial charge in [-0.3, -0.25) is 0 Å². The lowest BCUT2D eigenvalue weighted by atomic mass is 10.2. The fourth-order valence-corrected chi connectivity index (χ4v) is 2.42. The summed E-state index contributed by atoms with van der Waals surface area (Å²) < 4.78 is 0.919. The van der Waals surface area contributed by atoms with Crippen molar-refractivity contribution in [3.63, 3.8) is 0 Å². The lowest BCUT2D eigenvalue weighted by molar-refractivity contribution is 0.769. The molecule has 0 amide bonds. The Kier molecular flexibility index (Phi) is 5.25. The SMILES string of the molecule is CCC(CSC)Nc1ncc(N)cc1Br. The van der Waals surface area contributed by atoms with E-state index in [2.05, 4.69) is 39.4 Å². The summed E-state index contributed by atoms with van der Waals surface area (Å²) in [6.07, 6.45) is 4.86. The van der Waals surface area contributed by atoms with Gasteiger partial charge in [0.1, 0.15) is 5.82 Å². The van der Waals surface area contributed by atoms with E-state index in [0.29, 0.717) is 11.7 Å². The van der Waals surface area contributed by atoms with E-state index < -0.39 is 0 Å². The molecule has 1 aromatic heterocycles. The summed E-state index contributed by atoms with van der Waals surface area (Å²) in [7, 11) is 0. The first-order chi connectivity index (χ1) is 7.17. The number of nitrogens with zero attached hydrogens (tertiary/aromatic N) is 1. The van der Waals surface area contributed by atoms with Crippen LogP contribution in [-0.2, 0) is 0 Å². The maximum atomic E-state index is 5.63. The molecule has 3 nitrogen and oxygen atoms in total. The first-order valence-corrected chi connectivity index (χ1v) is 7.02. The van der Waals surface area contributed by atoms with Gasteiger partial charge in [0.2, 0.25) is 0 Å². The Hall–Kier alpha value is -0.420. The Morgan fingerprint density at radius 1 is 1.67 bits per heavy atom. The van der Waals surface area contributed by atoms with Gasteiger partial charge < -0.3 is 11.1 Å². The van der Waals surface area contributed by atoms with Crippen LogP contribution in [0.25, 0.3) is 0 Å². The Bertz CT molecular complexity index is 320. The van der Waals surface area contributed by atoms with Crippen LogP contribution in [0.5, 0.6) is 0 Å². The molecule has 0 spiro atoms. The summed E-state index contributed by atoms with van der Waals surface area (Å²) in [5, 5.41) is 3.39. The maximum absolute atomic E-state index is 5.63. The molecule has 0 aliphatic carbocycles. The van der Waals surface area contributed by atoms with Gasteiger partial charge >= 0.3 is 0 Å². The highest BCUT2D eigenvalue weighted by Gasteiger charge is 2.08. The van der Waals surface area contributed by atoms with Gasteiger partial charge in [0.25, 0.3) is 0 Å². The normalized spacial score (nSPS) is 12.5. The lowest BCUT2D eigenvalue weighted by Gasteiger charge is -2.17. The molecule has 0 fully saturated rings. The van der Waals surface area contributed by atoms with Crippen molar-refractivity contribution in [1.29, 1.82) is 0 Å². The number of aromatic nitrogens is 1. The van der Waals surface area contributed by atoms with Crippen LogP contribution in [0, 0.1) is 0 Å². The fourth-order valence-electron chi connectivity index (χ4n) is 1.22. The van der Waals surface area contributed by atoms with E-state index in [1.807, 2.05) is 17.8 Å². The summed E-state index contributed by atoms with van der Waals surface area (Å²) in [6, 6.07) is 2.31. The van der Waals surface area contributed by atoms with E-state index >= 15 is 0 Å². The van der Waals surface area contributed by atoms with E-state index in [9.17, 15) is 0 Å². The second kappa shape index (κ2) is 6.23. The van der Waals surface area contributed by atoms with Gasteiger partial charge in [-0.05, 0) is 34.7 Å². The third-order valence-electron chi connectivity index (χ3n) is 2.06. The molecule has 0 aliphatic rings. The predicted molar refractivity (Wildman–Crippen MR) is 72.4 cm³/mol. The second-order valence-electron chi connectivity index (χ2n) is 3.30. The standard InChI is InChI=1S/C10H16BrN3S/c1-3-8(6-15-2)14-10-9(11)4-7(12)5-13-10/h4-5,8H,3,6,12H2,1-2H3,(H,13,14). The molecular formula is C10H16BrN3S.